The minimum atomic E-state index is -0.518. The van der Waals surface area contributed by atoms with Gasteiger partial charge in [0, 0.05) is 25.8 Å². The van der Waals surface area contributed by atoms with Crippen LogP contribution in [0.2, 0.25) is 0 Å². The Bertz CT molecular complexity index is 893. The summed E-state index contributed by atoms with van der Waals surface area (Å²) in [4.78, 5) is 24.4. The summed E-state index contributed by atoms with van der Waals surface area (Å²) in [6.45, 7) is 11.8. The number of anilines is 2. The zero-order valence-corrected chi connectivity index (χ0v) is 20.3. The molecule has 1 unspecified atom stereocenters. The molecular weight excluding hydrogens is 418 g/mol. The number of carbonyl (C=O) groups excluding carboxylic acids is 1. The largest absolute Gasteiger partial charge is 0.447 e. The van der Waals surface area contributed by atoms with Gasteiger partial charge < -0.3 is 15.2 Å². The second-order valence-electron chi connectivity index (χ2n) is 9.09. The van der Waals surface area contributed by atoms with Gasteiger partial charge >= 0.3 is 6.09 Å². The number of rotatable bonds is 6. The molecule has 8 nitrogen and oxygen atoms in total. The monoisotopic (exact) mass is 455 g/mol. The SMILES string of the molecule is CC(Nc1nccc(N2CCOC2=O)n1)c1ccc(CN2CCC(C)(O)CC2)cc1.CCC. The van der Waals surface area contributed by atoms with E-state index in [0.29, 0.717) is 24.9 Å². The normalized spacial score (nSPS) is 18.8. The minimum absolute atomic E-state index is 0.0184. The number of cyclic esters (lactones) is 1. The lowest BCUT2D eigenvalue weighted by Gasteiger charge is -2.35. The number of nitrogens with one attached hydrogen (secondary N) is 1. The number of nitrogens with zero attached hydrogens (tertiary/aromatic N) is 4. The summed E-state index contributed by atoms with van der Waals surface area (Å²) >= 11 is 0. The summed E-state index contributed by atoms with van der Waals surface area (Å²) in [6, 6.07) is 10.3. The molecule has 33 heavy (non-hydrogen) atoms. The molecular formula is C25H37N5O3. The summed E-state index contributed by atoms with van der Waals surface area (Å²) in [5.41, 5.74) is 1.88. The summed E-state index contributed by atoms with van der Waals surface area (Å²) in [6.07, 6.45) is 4.16. The van der Waals surface area contributed by atoms with Crippen molar-refractivity contribution in [1.29, 1.82) is 0 Å². The molecule has 180 valence electrons. The Morgan fingerprint density at radius 1 is 1.15 bits per heavy atom. The van der Waals surface area contributed by atoms with E-state index in [1.807, 2.05) is 6.92 Å². The molecule has 0 aliphatic carbocycles. The molecule has 0 radical (unpaired) electrons. The molecule has 1 atom stereocenters. The third-order valence-corrected chi connectivity index (χ3v) is 5.84. The van der Waals surface area contributed by atoms with E-state index in [9.17, 15) is 9.90 Å². The van der Waals surface area contributed by atoms with Crippen molar-refractivity contribution in [2.75, 3.05) is 36.5 Å². The molecule has 2 aliphatic rings. The van der Waals surface area contributed by atoms with Crippen LogP contribution in [0.25, 0.3) is 0 Å². The molecule has 2 aliphatic heterocycles. The molecule has 1 aromatic heterocycles. The molecule has 2 fully saturated rings. The van der Waals surface area contributed by atoms with Gasteiger partial charge in [0.1, 0.15) is 12.4 Å². The first-order valence-electron chi connectivity index (χ1n) is 11.9. The Balaban J connectivity index is 0.000000968. The molecule has 2 aromatic rings. The molecule has 2 N–H and O–H groups in total. The van der Waals surface area contributed by atoms with E-state index in [1.165, 1.54) is 16.9 Å². The quantitative estimate of drug-likeness (QED) is 0.668. The fraction of sp³-hybridized carbons (Fsp3) is 0.560. The predicted molar refractivity (Wildman–Crippen MR) is 130 cm³/mol. The van der Waals surface area contributed by atoms with Crippen LogP contribution in [-0.4, -0.2) is 57.9 Å². The summed E-state index contributed by atoms with van der Waals surface area (Å²) in [5, 5.41) is 13.4. The number of aliphatic hydroxyl groups is 1. The lowest BCUT2D eigenvalue weighted by Crippen LogP contribution is -2.41. The first-order valence-corrected chi connectivity index (χ1v) is 11.9. The number of carbonyl (C=O) groups is 1. The number of hydrogen-bond donors (Lipinski definition) is 2. The zero-order valence-electron chi connectivity index (χ0n) is 20.3. The van der Waals surface area contributed by atoms with Crippen LogP contribution in [0.15, 0.2) is 36.5 Å². The van der Waals surface area contributed by atoms with Crippen LogP contribution >= 0.6 is 0 Å². The number of benzene rings is 1. The van der Waals surface area contributed by atoms with E-state index in [2.05, 4.69) is 65.2 Å². The summed E-state index contributed by atoms with van der Waals surface area (Å²) in [7, 11) is 0. The van der Waals surface area contributed by atoms with Crippen LogP contribution in [0, 0.1) is 0 Å². The van der Waals surface area contributed by atoms with Gasteiger partial charge in [0.25, 0.3) is 0 Å². The predicted octanol–water partition coefficient (Wildman–Crippen LogP) is 4.37. The number of likely N-dealkylation sites (tertiary alicyclic amines) is 1. The molecule has 1 aromatic carbocycles. The van der Waals surface area contributed by atoms with Gasteiger partial charge in [0.15, 0.2) is 0 Å². The van der Waals surface area contributed by atoms with Gasteiger partial charge in [-0.15, -0.1) is 0 Å². The Labute approximate surface area is 197 Å². The van der Waals surface area contributed by atoms with E-state index < -0.39 is 5.60 Å². The fourth-order valence-electron chi connectivity index (χ4n) is 3.81. The lowest BCUT2D eigenvalue weighted by molar-refractivity contribution is -0.00730. The average molecular weight is 456 g/mol. The Morgan fingerprint density at radius 2 is 1.82 bits per heavy atom. The number of ether oxygens (including phenoxy) is 1. The van der Waals surface area contributed by atoms with Gasteiger partial charge in [0.05, 0.1) is 18.2 Å². The molecule has 2 saturated heterocycles. The Morgan fingerprint density at radius 3 is 2.42 bits per heavy atom. The van der Waals surface area contributed by atoms with Crippen LogP contribution in [-0.2, 0) is 11.3 Å². The van der Waals surface area contributed by atoms with Gasteiger partial charge in [-0.2, -0.15) is 4.98 Å². The summed E-state index contributed by atoms with van der Waals surface area (Å²) < 4.78 is 4.98. The van der Waals surface area contributed by atoms with Gasteiger partial charge in [-0.05, 0) is 43.9 Å². The van der Waals surface area contributed by atoms with Crippen molar-refractivity contribution in [2.24, 2.45) is 0 Å². The van der Waals surface area contributed by atoms with Crippen molar-refractivity contribution in [2.45, 2.75) is 65.1 Å². The van der Waals surface area contributed by atoms with Crippen LogP contribution in [0.4, 0.5) is 16.6 Å². The van der Waals surface area contributed by atoms with Crippen molar-refractivity contribution < 1.29 is 14.6 Å². The smallest absolute Gasteiger partial charge is 0.415 e. The maximum absolute atomic E-state index is 11.7. The first kappa shape index (κ1) is 24.9. The first-order chi connectivity index (χ1) is 15.8. The highest BCUT2D eigenvalue weighted by Gasteiger charge is 2.27. The van der Waals surface area contributed by atoms with Crippen molar-refractivity contribution in [3.05, 3.63) is 47.7 Å². The third kappa shape index (κ3) is 7.14. The standard InChI is InChI=1S/C22H29N5O3.C3H8/c1-16(24-20-23-10-7-19(25-20)27-13-14-30-21(27)28)18-5-3-17(4-6-18)15-26-11-8-22(2,29)9-12-26;1-3-2/h3-7,10,16,29H,8-9,11-15H2,1-2H3,(H,23,24,25);3H2,1-2H3. The van der Waals surface area contributed by atoms with E-state index in [-0.39, 0.29) is 12.1 Å². The van der Waals surface area contributed by atoms with Gasteiger partial charge in [-0.1, -0.05) is 44.5 Å². The molecule has 0 saturated carbocycles. The van der Waals surface area contributed by atoms with Crippen molar-refractivity contribution in [3.63, 3.8) is 0 Å². The van der Waals surface area contributed by atoms with Crippen LogP contribution < -0.4 is 10.2 Å². The van der Waals surface area contributed by atoms with E-state index in [1.54, 1.807) is 12.3 Å². The lowest BCUT2D eigenvalue weighted by atomic mass is 9.93. The molecule has 0 spiro atoms. The van der Waals surface area contributed by atoms with E-state index >= 15 is 0 Å². The van der Waals surface area contributed by atoms with Gasteiger partial charge in [-0.3, -0.25) is 9.80 Å². The zero-order chi connectivity index (χ0) is 23.8. The topological polar surface area (TPSA) is 90.8 Å². The second kappa shape index (κ2) is 11.4. The average Bonchev–Trinajstić information content (AvgIpc) is 3.22. The van der Waals surface area contributed by atoms with E-state index in [4.69, 9.17) is 4.74 Å². The number of amides is 1. The fourth-order valence-corrected chi connectivity index (χ4v) is 3.81. The van der Waals surface area contributed by atoms with Crippen LogP contribution in [0.3, 0.4) is 0 Å². The molecule has 1 amide bonds. The maximum Gasteiger partial charge on any atom is 0.415 e. The molecule has 0 bridgehead atoms. The van der Waals surface area contributed by atoms with Crippen LogP contribution in [0.5, 0.6) is 0 Å². The van der Waals surface area contributed by atoms with Crippen molar-refractivity contribution in [1.82, 2.24) is 14.9 Å². The van der Waals surface area contributed by atoms with Crippen molar-refractivity contribution in [3.8, 4) is 0 Å². The highest BCUT2D eigenvalue weighted by molar-refractivity contribution is 5.88. The Kier molecular flexibility index (Phi) is 8.63. The van der Waals surface area contributed by atoms with E-state index in [0.717, 1.165) is 38.0 Å². The van der Waals surface area contributed by atoms with Crippen molar-refractivity contribution >= 4 is 17.9 Å². The third-order valence-electron chi connectivity index (χ3n) is 5.84. The molecule has 4 rings (SSSR count). The Hall–Kier alpha value is -2.71. The highest BCUT2D eigenvalue weighted by Crippen LogP contribution is 2.24. The molecule has 3 heterocycles. The minimum Gasteiger partial charge on any atom is -0.447 e. The number of piperidine rings is 1. The van der Waals surface area contributed by atoms with Gasteiger partial charge in [0.2, 0.25) is 5.95 Å². The molecule has 8 heteroatoms. The van der Waals surface area contributed by atoms with Crippen LogP contribution in [0.1, 0.15) is 64.1 Å². The number of aromatic nitrogens is 2. The second-order valence-corrected chi connectivity index (χ2v) is 9.09. The summed E-state index contributed by atoms with van der Waals surface area (Å²) in [5.74, 6) is 1.02. The number of hydrogen-bond acceptors (Lipinski definition) is 7. The highest BCUT2D eigenvalue weighted by atomic mass is 16.6. The van der Waals surface area contributed by atoms with Gasteiger partial charge in [-0.25, -0.2) is 9.78 Å². The maximum atomic E-state index is 11.7.